The van der Waals surface area contributed by atoms with Crippen molar-refractivity contribution in [2.24, 2.45) is 0 Å². The zero-order valence-electron chi connectivity index (χ0n) is 13.0. The number of hydrogen-bond donors (Lipinski definition) is 0. The molecule has 1 aliphatic heterocycles. The molecular weight excluding hydrogens is 409 g/mol. The summed E-state index contributed by atoms with van der Waals surface area (Å²) < 4.78 is 15.1. The fourth-order valence-corrected chi connectivity index (χ4v) is 4.15. The highest BCUT2D eigenvalue weighted by Gasteiger charge is 2.34. The molecule has 2 aromatic rings. The van der Waals surface area contributed by atoms with Gasteiger partial charge in [-0.15, -0.1) is 0 Å². The summed E-state index contributed by atoms with van der Waals surface area (Å²) in [5, 5.41) is 0. The molecule has 2 aromatic carbocycles. The Bertz CT molecular complexity index is 895. The molecule has 0 spiro atoms. The van der Waals surface area contributed by atoms with Gasteiger partial charge in [0.25, 0.3) is 5.91 Å². The molecule has 0 aliphatic carbocycles. The average Bonchev–Trinajstić information content (AvgIpc) is 2.78. The second kappa shape index (κ2) is 6.78. The van der Waals surface area contributed by atoms with Gasteiger partial charge in [-0.25, -0.2) is 4.39 Å². The Balaban J connectivity index is 2.00. The molecule has 0 saturated carbocycles. The molecule has 0 atom stereocenters. The minimum atomic E-state index is -0.380. The van der Waals surface area contributed by atoms with Crippen molar-refractivity contribution in [2.45, 2.75) is 13.8 Å². The molecule has 0 aromatic heterocycles. The van der Waals surface area contributed by atoms with Crippen molar-refractivity contribution in [1.29, 1.82) is 0 Å². The third-order valence-corrected chi connectivity index (χ3v) is 5.43. The van der Waals surface area contributed by atoms with Crippen LogP contribution in [0.3, 0.4) is 0 Å². The summed E-state index contributed by atoms with van der Waals surface area (Å²) in [5.41, 5.74) is 3.21. The van der Waals surface area contributed by atoms with Crippen LogP contribution in [0.5, 0.6) is 0 Å². The topological polar surface area (TPSA) is 20.3 Å². The van der Waals surface area contributed by atoms with Crippen molar-refractivity contribution in [3.05, 3.63) is 68.3 Å². The predicted molar refractivity (Wildman–Crippen MR) is 106 cm³/mol. The average molecular weight is 422 g/mol. The maximum atomic E-state index is 13.9. The van der Waals surface area contributed by atoms with E-state index in [-0.39, 0.29) is 11.7 Å². The highest BCUT2D eigenvalue weighted by Crippen LogP contribution is 2.37. The Labute approximate surface area is 157 Å². The van der Waals surface area contributed by atoms with E-state index in [1.54, 1.807) is 18.2 Å². The van der Waals surface area contributed by atoms with E-state index < -0.39 is 0 Å². The fourth-order valence-electron chi connectivity index (χ4n) is 2.50. The van der Waals surface area contributed by atoms with Crippen LogP contribution < -0.4 is 4.90 Å². The van der Waals surface area contributed by atoms with Crippen molar-refractivity contribution in [3.63, 3.8) is 0 Å². The molecule has 0 N–H and O–H groups in total. The molecule has 1 saturated heterocycles. The number of anilines is 1. The first-order chi connectivity index (χ1) is 11.4. The van der Waals surface area contributed by atoms with Gasteiger partial charge < -0.3 is 0 Å². The van der Waals surface area contributed by atoms with Crippen molar-refractivity contribution in [2.75, 3.05) is 4.90 Å². The molecule has 6 heteroatoms. The Kier molecular flexibility index (Phi) is 4.90. The predicted octanol–water partition coefficient (Wildman–Crippen LogP) is 5.61. The number of thiocarbonyl (C=S) groups is 1. The van der Waals surface area contributed by atoms with Gasteiger partial charge in [-0.3, -0.25) is 9.69 Å². The number of aryl methyl sites for hydroxylation is 2. The minimum absolute atomic E-state index is 0.226. The Hall–Kier alpha value is -1.50. The van der Waals surface area contributed by atoms with Crippen LogP contribution in [0, 0.1) is 19.7 Å². The van der Waals surface area contributed by atoms with Gasteiger partial charge in [0.2, 0.25) is 0 Å². The SMILES string of the molecule is Cc1ccc(N2C(=O)/C(=C\c3cc(Br)ccc3F)SC2=S)c(C)c1. The molecule has 1 fully saturated rings. The van der Waals surface area contributed by atoms with Gasteiger partial charge in [-0.2, -0.15) is 0 Å². The van der Waals surface area contributed by atoms with Gasteiger partial charge in [0, 0.05) is 10.0 Å². The second-order valence-corrected chi connectivity index (χ2v) is 8.06. The number of amides is 1. The third kappa shape index (κ3) is 3.31. The Morgan fingerprint density at radius 1 is 1.21 bits per heavy atom. The minimum Gasteiger partial charge on any atom is -0.268 e. The maximum absolute atomic E-state index is 13.9. The first-order valence-electron chi connectivity index (χ1n) is 7.17. The van der Waals surface area contributed by atoms with Gasteiger partial charge in [0.15, 0.2) is 4.32 Å². The lowest BCUT2D eigenvalue weighted by atomic mass is 10.1. The molecule has 1 heterocycles. The number of rotatable bonds is 2. The summed E-state index contributed by atoms with van der Waals surface area (Å²) in [7, 11) is 0. The molecule has 3 rings (SSSR count). The number of thioether (sulfide) groups is 1. The first kappa shape index (κ1) is 17.3. The van der Waals surface area contributed by atoms with Gasteiger partial charge in [-0.1, -0.05) is 57.6 Å². The van der Waals surface area contributed by atoms with Crippen LogP contribution in [0.25, 0.3) is 6.08 Å². The molecule has 0 unspecified atom stereocenters. The molecule has 24 heavy (non-hydrogen) atoms. The van der Waals surface area contributed by atoms with Crippen LogP contribution >= 0.6 is 39.9 Å². The zero-order chi connectivity index (χ0) is 17.4. The zero-order valence-corrected chi connectivity index (χ0v) is 16.2. The van der Waals surface area contributed by atoms with Crippen molar-refractivity contribution in [3.8, 4) is 0 Å². The van der Waals surface area contributed by atoms with E-state index in [2.05, 4.69) is 15.9 Å². The lowest BCUT2D eigenvalue weighted by Gasteiger charge is -2.17. The summed E-state index contributed by atoms with van der Waals surface area (Å²) in [4.78, 5) is 14.7. The third-order valence-electron chi connectivity index (χ3n) is 3.63. The van der Waals surface area contributed by atoms with Crippen molar-refractivity contribution < 1.29 is 9.18 Å². The lowest BCUT2D eigenvalue weighted by molar-refractivity contribution is -0.113. The Morgan fingerprint density at radius 3 is 2.67 bits per heavy atom. The maximum Gasteiger partial charge on any atom is 0.270 e. The number of benzene rings is 2. The van der Waals surface area contributed by atoms with Crippen molar-refractivity contribution >= 4 is 61.9 Å². The van der Waals surface area contributed by atoms with Crippen LogP contribution in [0.2, 0.25) is 0 Å². The van der Waals surface area contributed by atoms with E-state index in [4.69, 9.17) is 12.2 Å². The smallest absolute Gasteiger partial charge is 0.268 e. The molecule has 122 valence electrons. The van der Waals surface area contributed by atoms with E-state index in [1.165, 1.54) is 22.7 Å². The van der Waals surface area contributed by atoms with E-state index in [0.29, 0.717) is 14.8 Å². The largest absolute Gasteiger partial charge is 0.270 e. The second-order valence-electron chi connectivity index (χ2n) is 5.47. The van der Waals surface area contributed by atoms with Crippen LogP contribution in [-0.4, -0.2) is 10.2 Å². The summed E-state index contributed by atoms with van der Waals surface area (Å²) in [5.74, 6) is -0.605. The number of hydrogen-bond acceptors (Lipinski definition) is 3. The van der Waals surface area contributed by atoms with Crippen molar-refractivity contribution in [1.82, 2.24) is 0 Å². The normalized spacial score (nSPS) is 16.3. The molecule has 0 bridgehead atoms. The standard InChI is InChI=1S/C18H13BrFNOS2/c1-10-3-6-15(11(2)7-10)21-17(22)16(24-18(21)23)9-12-8-13(19)4-5-14(12)20/h3-9H,1-2H3/b16-9+. The van der Waals surface area contributed by atoms with Gasteiger partial charge in [-0.05, 0) is 49.8 Å². The molecular formula is C18H13BrFNOS2. The molecule has 2 nitrogen and oxygen atoms in total. The number of halogens is 2. The molecule has 1 aliphatic rings. The van der Waals surface area contributed by atoms with Gasteiger partial charge in [0.05, 0.1) is 10.6 Å². The molecule has 0 radical (unpaired) electrons. The van der Waals surface area contributed by atoms with E-state index >= 15 is 0 Å². The first-order valence-corrected chi connectivity index (χ1v) is 9.19. The number of carbonyl (C=O) groups is 1. The quantitative estimate of drug-likeness (QED) is 0.464. The monoisotopic (exact) mass is 421 g/mol. The Morgan fingerprint density at radius 2 is 1.96 bits per heavy atom. The summed E-state index contributed by atoms with van der Waals surface area (Å²) in [6.45, 7) is 3.94. The van der Waals surface area contributed by atoms with E-state index in [9.17, 15) is 9.18 Å². The number of carbonyl (C=O) groups excluding carboxylic acids is 1. The summed E-state index contributed by atoms with van der Waals surface area (Å²) >= 11 is 9.87. The van der Waals surface area contributed by atoms with E-state index in [0.717, 1.165) is 21.3 Å². The van der Waals surface area contributed by atoms with Crippen LogP contribution in [0.15, 0.2) is 45.8 Å². The van der Waals surface area contributed by atoms with Gasteiger partial charge in [0.1, 0.15) is 5.82 Å². The highest BCUT2D eigenvalue weighted by atomic mass is 79.9. The summed E-state index contributed by atoms with van der Waals surface area (Å²) in [6, 6.07) is 10.5. The molecule has 1 amide bonds. The van der Waals surface area contributed by atoms with Crippen LogP contribution in [0.1, 0.15) is 16.7 Å². The van der Waals surface area contributed by atoms with Crippen LogP contribution in [0.4, 0.5) is 10.1 Å². The van der Waals surface area contributed by atoms with Gasteiger partial charge >= 0.3 is 0 Å². The lowest BCUT2D eigenvalue weighted by Crippen LogP contribution is -2.28. The fraction of sp³-hybridized carbons (Fsp3) is 0.111. The van der Waals surface area contributed by atoms with Crippen LogP contribution in [-0.2, 0) is 4.79 Å². The highest BCUT2D eigenvalue weighted by molar-refractivity contribution is 9.10. The number of nitrogens with zero attached hydrogens (tertiary/aromatic N) is 1. The summed E-state index contributed by atoms with van der Waals surface area (Å²) in [6.07, 6.45) is 1.54. The van der Waals surface area contributed by atoms with E-state index in [1.807, 2.05) is 32.0 Å².